The van der Waals surface area contributed by atoms with Gasteiger partial charge in [-0.15, -0.1) is 0 Å². The Bertz CT molecular complexity index is 1240. The van der Waals surface area contributed by atoms with Gasteiger partial charge in [-0.05, 0) is 31.2 Å². The van der Waals surface area contributed by atoms with Crippen molar-refractivity contribution in [2.75, 3.05) is 5.32 Å². The second-order valence-electron chi connectivity index (χ2n) is 6.62. The van der Waals surface area contributed by atoms with E-state index >= 15 is 0 Å². The van der Waals surface area contributed by atoms with Crippen LogP contribution in [0.1, 0.15) is 24.4 Å². The van der Waals surface area contributed by atoms with Crippen LogP contribution < -0.4 is 16.6 Å². The van der Waals surface area contributed by atoms with Gasteiger partial charge in [-0.2, -0.15) is 0 Å². The summed E-state index contributed by atoms with van der Waals surface area (Å²) in [4.78, 5) is 36.2. The second-order valence-corrected chi connectivity index (χ2v) is 6.62. The first-order valence-electron chi connectivity index (χ1n) is 8.95. The lowest BCUT2D eigenvalue weighted by Gasteiger charge is -2.14. The Morgan fingerprint density at radius 2 is 1.86 bits per heavy atom. The lowest BCUT2D eigenvalue weighted by atomic mass is 10.2. The summed E-state index contributed by atoms with van der Waals surface area (Å²) in [5.41, 5.74) is 2.53. The van der Waals surface area contributed by atoms with E-state index in [9.17, 15) is 9.59 Å². The number of H-pyrrole nitrogens is 1. The van der Waals surface area contributed by atoms with Crippen LogP contribution in [0.25, 0.3) is 11.0 Å². The third kappa shape index (κ3) is 3.32. The highest BCUT2D eigenvalue weighted by Gasteiger charge is 2.13. The van der Waals surface area contributed by atoms with Gasteiger partial charge in [-0.3, -0.25) is 23.9 Å². The molecule has 0 saturated carbocycles. The third-order valence-corrected chi connectivity index (χ3v) is 4.65. The van der Waals surface area contributed by atoms with Crippen LogP contribution >= 0.6 is 0 Å². The first-order valence-corrected chi connectivity index (χ1v) is 8.95. The van der Waals surface area contributed by atoms with Gasteiger partial charge in [-0.1, -0.05) is 18.2 Å². The summed E-state index contributed by atoms with van der Waals surface area (Å²) in [6, 6.07) is 14.5. The van der Waals surface area contributed by atoms with Crippen molar-refractivity contribution in [2.45, 2.75) is 19.5 Å². The number of nitrogens with zero attached hydrogens (tertiary/aromatic N) is 4. The Kier molecular flexibility index (Phi) is 4.52. The average Bonchev–Trinajstić information content (AvgIpc) is 2.93. The van der Waals surface area contributed by atoms with Crippen LogP contribution in [-0.4, -0.2) is 24.1 Å². The van der Waals surface area contributed by atoms with Gasteiger partial charge in [0.05, 0.1) is 35.0 Å². The molecule has 4 rings (SSSR count). The van der Waals surface area contributed by atoms with Crippen molar-refractivity contribution in [2.24, 2.45) is 7.05 Å². The minimum absolute atomic E-state index is 0.139. The van der Waals surface area contributed by atoms with Crippen LogP contribution in [0.3, 0.4) is 0 Å². The van der Waals surface area contributed by atoms with Gasteiger partial charge >= 0.3 is 5.69 Å². The molecule has 0 bridgehead atoms. The van der Waals surface area contributed by atoms with E-state index in [2.05, 4.69) is 20.3 Å². The maximum Gasteiger partial charge on any atom is 0.329 e. The van der Waals surface area contributed by atoms with E-state index in [4.69, 9.17) is 0 Å². The Balaban J connectivity index is 1.66. The number of benzene rings is 1. The number of hydrogen-bond donors (Lipinski definition) is 2. The Hall–Kier alpha value is -3.68. The summed E-state index contributed by atoms with van der Waals surface area (Å²) in [6.07, 6.45) is 1.72. The van der Waals surface area contributed by atoms with E-state index in [1.165, 1.54) is 6.07 Å². The minimum atomic E-state index is -0.283. The van der Waals surface area contributed by atoms with Gasteiger partial charge < -0.3 is 5.32 Å². The molecule has 3 heterocycles. The molecule has 2 N–H and O–H groups in total. The van der Waals surface area contributed by atoms with Gasteiger partial charge in [0, 0.05) is 19.3 Å². The van der Waals surface area contributed by atoms with Crippen LogP contribution in [-0.2, 0) is 13.6 Å². The molecule has 0 aliphatic rings. The fourth-order valence-corrected chi connectivity index (χ4v) is 3.25. The van der Waals surface area contributed by atoms with E-state index in [0.717, 1.165) is 16.7 Å². The van der Waals surface area contributed by atoms with Crippen molar-refractivity contribution in [3.63, 3.8) is 0 Å². The summed E-state index contributed by atoms with van der Waals surface area (Å²) in [7, 11) is 1.73. The van der Waals surface area contributed by atoms with Gasteiger partial charge in [0.1, 0.15) is 0 Å². The number of aryl methyl sites for hydroxylation is 1. The largest absolute Gasteiger partial charge is 0.348 e. The zero-order valence-electron chi connectivity index (χ0n) is 15.6. The van der Waals surface area contributed by atoms with Crippen molar-refractivity contribution >= 4 is 17.0 Å². The molecule has 3 aromatic heterocycles. The van der Waals surface area contributed by atoms with Crippen molar-refractivity contribution in [1.29, 1.82) is 0 Å². The van der Waals surface area contributed by atoms with Crippen LogP contribution in [0.4, 0.5) is 5.95 Å². The quantitative estimate of drug-likeness (QED) is 0.555. The van der Waals surface area contributed by atoms with E-state index < -0.39 is 0 Å². The Labute approximate surface area is 160 Å². The van der Waals surface area contributed by atoms with Crippen LogP contribution in [0.15, 0.2) is 64.3 Å². The van der Waals surface area contributed by atoms with Crippen molar-refractivity contribution in [1.82, 2.24) is 24.1 Å². The Morgan fingerprint density at radius 1 is 1.11 bits per heavy atom. The maximum atomic E-state index is 12.6. The van der Waals surface area contributed by atoms with E-state index in [1.807, 2.05) is 49.4 Å². The highest BCUT2D eigenvalue weighted by Crippen LogP contribution is 2.15. The van der Waals surface area contributed by atoms with Gasteiger partial charge in [0.25, 0.3) is 5.56 Å². The smallest absolute Gasteiger partial charge is 0.329 e. The van der Waals surface area contributed by atoms with Crippen molar-refractivity contribution in [3.8, 4) is 0 Å². The molecule has 0 amide bonds. The number of nitrogens with one attached hydrogen (secondary N) is 2. The van der Waals surface area contributed by atoms with Gasteiger partial charge in [0.2, 0.25) is 5.95 Å². The van der Waals surface area contributed by atoms with Gasteiger partial charge in [0.15, 0.2) is 0 Å². The monoisotopic (exact) mass is 376 g/mol. The molecule has 0 saturated heterocycles. The fourth-order valence-electron chi connectivity index (χ4n) is 3.25. The number of aromatic amines is 1. The first-order chi connectivity index (χ1) is 13.5. The second kappa shape index (κ2) is 7.15. The molecule has 0 radical (unpaired) electrons. The SMILES string of the molecule is CC(Nc1nc(Cn2c(=O)n(C)c3ccccc32)cc(=O)[nH]1)c1ccccn1. The summed E-state index contributed by atoms with van der Waals surface area (Å²) in [5, 5.41) is 3.16. The minimum Gasteiger partial charge on any atom is -0.348 e. The number of hydrogen-bond acceptors (Lipinski definition) is 5. The zero-order valence-corrected chi connectivity index (χ0v) is 15.6. The fraction of sp³-hybridized carbons (Fsp3) is 0.200. The average molecular weight is 376 g/mol. The van der Waals surface area contributed by atoms with E-state index in [1.54, 1.807) is 22.4 Å². The summed E-state index contributed by atoms with van der Waals surface area (Å²) in [6.45, 7) is 2.14. The molecule has 28 heavy (non-hydrogen) atoms. The molecule has 142 valence electrons. The molecule has 8 heteroatoms. The zero-order chi connectivity index (χ0) is 19.7. The molecule has 0 spiro atoms. The van der Waals surface area contributed by atoms with Crippen molar-refractivity contribution < 1.29 is 0 Å². The standard InChI is InChI=1S/C20H20N6O2/c1-13(15-7-5-6-10-21-15)22-19-23-14(11-18(27)24-19)12-26-17-9-4-3-8-16(17)25(2)20(26)28/h3-11,13H,12H2,1-2H3,(H2,22,23,24,27). The number of aromatic nitrogens is 5. The summed E-state index contributed by atoms with van der Waals surface area (Å²) >= 11 is 0. The molecule has 8 nitrogen and oxygen atoms in total. The molecule has 1 unspecified atom stereocenters. The molecule has 0 aliphatic carbocycles. The molecular weight excluding hydrogens is 356 g/mol. The lowest BCUT2D eigenvalue weighted by Crippen LogP contribution is -2.24. The molecule has 0 aliphatic heterocycles. The number of anilines is 1. The van der Waals surface area contributed by atoms with Crippen LogP contribution in [0.2, 0.25) is 0 Å². The number of pyridine rings is 1. The highest BCUT2D eigenvalue weighted by atomic mass is 16.1. The number of fused-ring (bicyclic) bond motifs is 1. The number of imidazole rings is 1. The molecule has 1 atom stereocenters. The lowest BCUT2D eigenvalue weighted by molar-refractivity contribution is 0.716. The molecular formula is C20H20N6O2. The highest BCUT2D eigenvalue weighted by molar-refractivity contribution is 5.75. The van der Waals surface area contributed by atoms with E-state index in [0.29, 0.717) is 11.6 Å². The first kappa shape index (κ1) is 17.7. The topological polar surface area (TPSA) is 97.6 Å². The molecule has 4 aromatic rings. The molecule has 0 fully saturated rings. The number of rotatable bonds is 5. The third-order valence-electron chi connectivity index (χ3n) is 4.65. The normalized spacial score (nSPS) is 12.2. The predicted molar refractivity (Wildman–Crippen MR) is 107 cm³/mol. The molecule has 1 aromatic carbocycles. The maximum absolute atomic E-state index is 12.6. The Morgan fingerprint density at radius 3 is 2.61 bits per heavy atom. The summed E-state index contributed by atoms with van der Waals surface area (Å²) in [5.74, 6) is 0.342. The number of para-hydroxylation sites is 2. The summed E-state index contributed by atoms with van der Waals surface area (Å²) < 4.78 is 3.20. The predicted octanol–water partition coefficient (Wildman–Crippen LogP) is 2.04. The van der Waals surface area contributed by atoms with Crippen LogP contribution in [0.5, 0.6) is 0 Å². The van der Waals surface area contributed by atoms with E-state index in [-0.39, 0.29) is 23.8 Å². The van der Waals surface area contributed by atoms with Gasteiger partial charge in [-0.25, -0.2) is 9.78 Å². The van der Waals surface area contributed by atoms with Crippen molar-refractivity contribution in [3.05, 3.63) is 87.0 Å². The van der Waals surface area contributed by atoms with Crippen LogP contribution in [0, 0.1) is 0 Å².